The molecule has 0 radical (unpaired) electrons. The van der Waals surface area contributed by atoms with E-state index < -0.39 is 0 Å². The van der Waals surface area contributed by atoms with E-state index in [0.717, 1.165) is 0 Å². The number of rotatable bonds is 4. The van der Waals surface area contributed by atoms with Gasteiger partial charge in [0.15, 0.2) is 0 Å². The third kappa shape index (κ3) is 18.0. The van der Waals surface area contributed by atoms with Crippen LogP contribution in [0.1, 0.15) is 44.5 Å². The predicted octanol–water partition coefficient (Wildman–Crippen LogP) is 14.9. The quantitative estimate of drug-likeness (QED) is 0.122. The minimum absolute atomic E-state index is 0. The Labute approximate surface area is 509 Å². The van der Waals surface area contributed by atoms with Crippen molar-refractivity contribution in [2.45, 2.75) is 81.6 Å². The SMILES string of the molecule is C[Si](C)=[Zr+2].C[Si](C)=[Zr+2].Cc1cccc(-c2cccc3[cH-]c(C)cc23)c1.Cc1cccc(-c2cccc3[cH-]c(C)cc23)c1.Cc1cccc(-c2cccc3[cH-]c(C)cc23)c1.Cc1cccc(-c2cccc3[cH-]c(C)cc23)c1.[Cl-].[Cl-]. The van der Waals surface area contributed by atoms with Gasteiger partial charge in [-0.2, -0.15) is 24.3 Å². The van der Waals surface area contributed by atoms with Gasteiger partial charge in [0.25, 0.3) is 0 Å². The van der Waals surface area contributed by atoms with E-state index in [-0.39, 0.29) is 35.7 Å². The summed E-state index contributed by atoms with van der Waals surface area (Å²) in [5.74, 6) is 0. The Bertz CT molecular complexity index is 3410. The summed E-state index contributed by atoms with van der Waals surface area (Å²) < 4.78 is 0. The first-order valence-electron chi connectivity index (χ1n) is 26.4. The Morgan fingerprint density at radius 1 is 0.269 bits per heavy atom. The van der Waals surface area contributed by atoms with Crippen molar-refractivity contribution in [3.63, 3.8) is 0 Å². The Morgan fingerprint density at radius 3 is 0.628 bits per heavy atom. The first-order valence-corrected chi connectivity index (χ1v) is 38.8. The molecule has 0 aliphatic heterocycles. The molecule has 0 unspecified atom stereocenters. The number of halogens is 2. The molecule has 0 saturated carbocycles. The van der Waals surface area contributed by atoms with E-state index in [1.165, 1.54) is 132 Å². The van der Waals surface area contributed by atoms with Gasteiger partial charge in [0.1, 0.15) is 0 Å². The Balaban J connectivity index is 0.000000181. The second kappa shape index (κ2) is 30.5. The van der Waals surface area contributed by atoms with Crippen LogP contribution in [-0.4, -0.2) is 10.9 Å². The van der Waals surface area contributed by atoms with Gasteiger partial charge in [0.05, 0.1) is 0 Å². The zero-order valence-corrected chi connectivity index (χ0v) is 56.0. The fourth-order valence-corrected chi connectivity index (χ4v) is 9.80. The largest absolute Gasteiger partial charge is 1.00 e. The second-order valence-corrected chi connectivity index (χ2v) is 39.6. The van der Waals surface area contributed by atoms with Crippen molar-refractivity contribution >= 4 is 54.0 Å². The molecule has 0 fully saturated rings. The molecule has 0 nitrogen and oxygen atoms in total. The van der Waals surface area contributed by atoms with Crippen LogP contribution in [0.5, 0.6) is 0 Å². The molecule has 12 rings (SSSR count). The van der Waals surface area contributed by atoms with Crippen molar-refractivity contribution in [1.82, 2.24) is 0 Å². The first-order chi connectivity index (χ1) is 36.4. The van der Waals surface area contributed by atoms with Gasteiger partial charge in [-0.1, -0.05) is 194 Å². The minimum Gasteiger partial charge on any atom is -1.00 e. The van der Waals surface area contributed by atoms with Gasteiger partial charge in [-0.15, -0.1) is 138 Å². The molecule has 0 aliphatic carbocycles. The Kier molecular flexibility index (Phi) is 25.0. The van der Waals surface area contributed by atoms with Crippen molar-refractivity contribution in [3.05, 3.63) is 263 Å². The number of hydrogen-bond acceptors (Lipinski definition) is 0. The van der Waals surface area contributed by atoms with Gasteiger partial charge in [0, 0.05) is 0 Å². The number of hydrogen-bond donors (Lipinski definition) is 0. The summed E-state index contributed by atoms with van der Waals surface area (Å²) in [4.78, 5) is 0. The van der Waals surface area contributed by atoms with Gasteiger partial charge in [-0.25, -0.2) is 0 Å². The molecule has 0 aliphatic rings. The molecule has 12 aromatic carbocycles. The molecule has 78 heavy (non-hydrogen) atoms. The molecule has 0 bridgehead atoms. The fourth-order valence-electron chi connectivity index (χ4n) is 9.80. The Hall–Kier alpha value is -5.02. The van der Waals surface area contributed by atoms with Crippen LogP contribution in [0.25, 0.3) is 87.6 Å². The number of fused-ring (bicyclic) bond motifs is 4. The van der Waals surface area contributed by atoms with Gasteiger partial charge in [-0.05, 0) is 49.9 Å². The van der Waals surface area contributed by atoms with Crippen LogP contribution in [0.2, 0.25) is 26.2 Å². The molecule has 0 spiro atoms. The first kappa shape index (κ1) is 63.8. The van der Waals surface area contributed by atoms with Gasteiger partial charge in [-0.3, -0.25) is 0 Å². The van der Waals surface area contributed by atoms with E-state index in [9.17, 15) is 0 Å². The summed E-state index contributed by atoms with van der Waals surface area (Å²) in [7, 11) is 0. The molecule has 0 atom stereocenters. The zero-order valence-electron chi connectivity index (χ0n) is 47.5. The number of aryl methyl sites for hydroxylation is 8. The average Bonchev–Trinajstić information content (AvgIpc) is 4.18. The van der Waals surface area contributed by atoms with Crippen molar-refractivity contribution < 1.29 is 71.5 Å². The van der Waals surface area contributed by atoms with Crippen LogP contribution in [0.4, 0.5) is 0 Å². The van der Waals surface area contributed by atoms with Crippen LogP contribution in [-0.2, 0) is 46.7 Å². The molecule has 0 saturated heterocycles. The van der Waals surface area contributed by atoms with E-state index in [4.69, 9.17) is 0 Å². The summed E-state index contributed by atoms with van der Waals surface area (Å²) in [5, 5.41) is 10.8. The van der Waals surface area contributed by atoms with Crippen LogP contribution in [0.15, 0.2) is 218 Å². The van der Waals surface area contributed by atoms with Crippen LogP contribution < -0.4 is 24.8 Å². The van der Waals surface area contributed by atoms with Gasteiger partial charge < -0.3 is 24.8 Å². The third-order valence-electron chi connectivity index (χ3n) is 12.9. The van der Waals surface area contributed by atoms with Crippen molar-refractivity contribution in [1.29, 1.82) is 0 Å². The summed E-state index contributed by atoms with van der Waals surface area (Å²) >= 11 is 3.48. The molecule has 6 heteroatoms. The topological polar surface area (TPSA) is 0 Å². The molecule has 12 aromatic rings. The summed E-state index contributed by atoms with van der Waals surface area (Å²) in [5.41, 5.74) is 21.5. The van der Waals surface area contributed by atoms with Crippen LogP contribution in [0, 0.1) is 55.4 Å². The number of benzene rings is 8. The summed E-state index contributed by atoms with van der Waals surface area (Å²) in [6.07, 6.45) is 0. The van der Waals surface area contributed by atoms with Crippen molar-refractivity contribution in [2.24, 2.45) is 0 Å². The molecule has 0 heterocycles. The molecule has 0 aromatic heterocycles. The van der Waals surface area contributed by atoms with Gasteiger partial charge >= 0.3 is 83.7 Å². The van der Waals surface area contributed by atoms with Crippen molar-refractivity contribution in [2.75, 3.05) is 0 Å². The molecule has 0 amide bonds. The molecular formula is C72H72Cl2Si2Zr2-2. The smallest absolute Gasteiger partial charge is 0.0276 e. The molecule has 0 N–H and O–H groups in total. The summed E-state index contributed by atoms with van der Waals surface area (Å²) in [6.45, 7) is 26.4. The third-order valence-corrected chi connectivity index (χ3v) is 12.9. The minimum atomic E-state index is 0. The van der Waals surface area contributed by atoms with E-state index in [1.54, 1.807) is 46.7 Å². The Morgan fingerprint density at radius 2 is 0.449 bits per heavy atom. The van der Waals surface area contributed by atoms with E-state index in [1.807, 2.05) is 0 Å². The van der Waals surface area contributed by atoms with Gasteiger partial charge in [0.2, 0.25) is 0 Å². The maximum Gasteiger partial charge on any atom is -0.0276 e. The molecule has 392 valence electrons. The maximum atomic E-state index is 2.31. The van der Waals surface area contributed by atoms with E-state index >= 15 is 0 Å². The predicted molar refractivity (Wildman–Crippen MR) is 333 cm³/mol. The van der Waals surface area contributed by atoms with Crippen molar-refractivity contribution in [3.8, 4) is 44.5 Å². The average molecular weight is 1250 g/mol. The monoisotopic (exact) mass is 1240 g/mol. The van der Waals surface area contributed by atoms with Crippen LogP contribution >= 0.6 is 0 Å². The maximum absolute atomic E-state index is 2.31. The standard InChI is InChI=1S/4C17H15.2C2H6Si.2ClH.2Zr/c4*1-12-5-3-6-14(9-12)16-8-4-7-15-10-13(2)11-17(15)16;2*1-3-2;;;;/h4*3-11H,1-2H3;2*1-2H3;2*1H;;/q4*-1;;;;;2*+2/p-2. The second-order valence-electron chi connectivity index (χ2n) is 20.8. The van der Waals surface area contributed by atoms with E-state index in [0.29, 0.717) is 0 Å². The fraction of sp³-hybridized carbons (Fsp3) is 0.167. The summed E-state index contributed by atoms with van der Waals surface area (Å²) in [6, 6.07) is 78.9. The van der Waals surface area contributed by atoms with Crippen LogP contribution in [0.3, 0.4) is 0 Å². The normalized spacial score (nSPS) is 10.3. The zero-order chi connectivity index (χ0) is 54.5. The molecular weight excluding hydrogens is 1170 g/mol. The van der Waals surface area contributed by atoms with E-state index in [2.05, 4.69) is 300 Å².